The van der Waals surface area contributed by atoms with E-state index in [0.717, 1.165) is 0 Å². The SMILES string of the molecule is Cc1c(F)cccc1C(O)C(Cl)Cl. The van der Waals surface area contributed by atoms with E-state index < -0.39 is 10.9 Å². The second-order valence-corrected chi connectivity index (χ2v) is 3.90. The van der Waals surface area contributed by atoms with Crippen molar-refractivity contribution in [1.82, 2.24) is 0 Å². The van der Waals surface area contributed by atoms with Crippen molar-refractivity contribution in [1.29, 1.82) is 0 Å². The first-order chi connectivity index (χ1) is 6.04. The highest BCUT2D eigenvalue weighted by molar-refractivity contribution is 6.44. The Morgan fingerprint density at radius 3 is 2.54 bits per heavy atom. The van der Waals surface area contributed by atoms with Crippen LogP contribution >= 0.6 is 23.2 Å². The van der Waals surface area contributed by atoms with Crippen LogP contribution in [-0.2, 0) is 0 Å². The molecule has 0 aliphatic carbocycles. The zero-order valence-electron chi connectivity index (χ0n) is 6.97. The highest BCUT2D eigenvalue weighted by atomic mass is 35.5. The maximum absolute atomic E-state index is 13.0. The summed E-state index contributed by atoms with van der Waals surface area (Å²) in [5, 5.41) is 9.47. The minimum atomic E-state index is -1.04. The molecule has 1 N–H and O–H groups in total. The van der Waals surface area contributed by atoms with E-state index in [1.165, 1.54) is 12.1 Å². The lowest BCUT2D eigenvalue weighted by molar-refractivity contribution is 0.191. The quantitative estimate of drug-likeness (QED) is 0.764. The molecule has 1 rings (SSSR count). The number of alkyl halides is 2. The second kappa shape index (κ2) is 4.27. The summed E-state index contributed by atoms with van der Waals surface area (Å²) in [5.74, 6) is -0.370. The Morgan fingerprint density at radius 2 is 2.00 bits per heavy atom. The lowest BCUT2D eigenvalue weighted by Crippen LogP contribution is -2.08. The molecule has 13 heavy (non-hydrogen) atoms. The third-order valence-electron chi connectivity index (χ3n) is 1.87. The Kier molecular flexibility index (Phi) is 3.54. The van der Waals surface area contributed by atoms with Gasteiger partial charge in [-0.1, -0.05) is 12.1 Å². The van der Waals surface area contributed by atoms with E-state index in [4.69, 9.17) is 23.2 Å². The van der Waals surface area contributed by atoms with Gasteiger partial charge in [0.2, 0.25) is 0 Å². The van der Waals surface area contributed by atoms with Crippen LogP contribution in [0.15, 0.2) is 18.2 Å². The minimum Gasteiger partial charge on any atom is -0.386 e. The molecule has 0 heterocycles. The average molecular weight is 223 g/mol. The van der Waals surface area contributed by atoms with Gasteiger partial charge in [0.15, 0.2) is 0 Å². The molecule has 1 nitrogen and oxygen atoms in total. The molecule has 0 saturated carbocycles. The number of hydrogen-bond acceptors (Lipinski definition) is 1. The summed E-state index contributed by atoms with van der Waals surface area (Å²) >= 11 is 11.0. The van der Waals surface area contributed by atoms with Crippen LogP contribution in [0.5, 0.6) is 0 Å². The molecule has 0 saturated heterocycles. The molecule has 1 aromatic rings. The Bertz CT molecular complexity index is 302. The molecule has 0 spiro atoms. The summed E-state index contributed by atoms with van der Waals surface area (Å²) in [5.41, 5.74) is 0.802. The zero-order chi connectivity index (χ0) is 10.0. The van der Waals surface area contributed by atoms with Gasteiger partial charge in [-0.05, 0) is 24.1 Å². The van der Waals surface area contributed by atoms with Gasteiger partial charge >= 0.3 is 0 Å². The first-order valence-electron chi connectivity index (χ1n) is 3.75. The largest absolute Gasteiger partial charge is 0.386 e. The first kappa shape index (κ1) is 10.8. The molecule has 0 fully saturated rings. The Balaban J connectivity index is 3.07. The van der Waals surface area contributed by atoms with E-state index >= 15 is 0 Å². The molecule has 0 aliphatic rings. The average Bonchev–Trinajstić information content (AvgIpc) is 2.08. The van der Waals surface area contributed by atoms with Crippen molar-refractivity contribution in [3.63, 3.8) is 0 Å². The van der Waals surface area contributed by atoms with Crippen LogP contribution < -0.4 is 0 Å². The van der Waals surface area contributed by atoms with Crippen molar-refractivity contribution in [3.05, 3.63) is 35.1 Å². The number of halogens is 3. The Hall–Kier alpha value is -0.310. The molecule has 0 radical (unpaired) electrons. The predicted molar refractivity (Wildman–Crippen MR) is 51.6 cm³/mol. The third-order valence-corrected chi connectivity index (χ3v) is 2.34. The fourth-order valence-electron chi connectivity index (χ4n) is 1.08. The van der Waals surface area contributed by atoms with Crippen LogP contribution in [0.4, 0.5) is 4.39 Å². The zero-order valence-corrected chi connectivity index (χ0v) is 8.48. The molecular weight excluding hydrogens is 214 g/mol. The van der Waals surface area contributed by atoms with Gasteiger partial charge < -0.3 is 5.11 Å². The Morgan fingerprint density at radius 1 is 1.38 bits per heavy atom. The van der Waals surface area contributed by atoms with Gasteiger partial charge in [0.25, 0.3) is 0 Å². The van der Waals surface area contributed by atoms with E-state index in [-0.39, 0.29) is 5.82 Å². The van der Waals surface area contributed by atoms with E-state index in [9.17, 15) is 9.50 Å². The molecule has 0 bridgehead atoms. The molecule has 1 aromatic carbocycles. The predicted octanol–water partition coefficient (Wildman–Crippen LogP) is 2.97. The summed E-state index contributed by atoms with van der Waals surface area (Å²) in [6.45, 7) is 1.57. The van der Waals surface area contributed by atoms with Crippen molar-refractivity contribution in [3.8, 4) is 0 Å². The molecule has 1 unspecified atom stereocenters. The number of aliphatic hydroxyl groups excluding tert-OH is 1. The van der Waals surface area contributed by atoms with Gasteiger partial charge in [0.05, 0.1) is 0 Å². The second-order valence-electron chi connectivity index (χ2n) is 2.73. The summed E-state index contributed by atoms with van der Waals surface area (Å²) in [6, 6.07) is 4.43. The summed E-state index contributed by atoms with van der Waals surface area (Å²) in [7, 11) is 0. The fourth-order valence-corrected chi connectivity index (χ4v) is 1.35. The van der Waals surface area contributed by atoms with E-state index in [1.807, 2.05) is 0 Å². The standard InChI is InChI=1S/C9H9Cl2FO/c1-5-6(8(13)9(10)11)3-2-4-7(5)12/h2-4,8-9,13H,1H3. The Labute approximate surface area is 86.1 Å². The molecule has 4 heteroatoms. The maximum atomic E-state index is 13.0. The van der Waals surface area contributed by atoms with E-state index in [0.29, 0.717) is 11.1 Å². The van der Waals surface area contributed by atoms with Crippen LogP contribution in [0.25, 0.3) is 0 Å². The van der Waals surface area contributed by atoms with E-state index in [1.54, 1.807) is 13.0 Å². The molecule has 0 amide bonds. The lowest BCUT2D eigenvalue weighted by atomic mass is 10.0. The van der Waals surface area contributed by atoms with Gasteiger partial charge in [-0.3, -0.25) is 0 Å². The smallest absolute Gasteiger partial charge is 0.137 e. The van der Waals surface area contributed by atoms with Crippen molar-refractivity contribution in [2.45, 2.75) is 17.9 Å². The highest BCUT2D eigenvalue weighted by Gasteiger charge is 2.18. The van der Waals surface area contributed by atoms with Gasteiger partial charge in [0.1, 0.15) is 16.8 Å². The maximum Gasteiger partial charge on any atom is 0.137 e. The molecular formula is C9H9Cl2FO. The van der Waals surface area contributed by atoms with Gasteiger partial charge in [-0.25, -0.2) is 4.39 Å². The van der Waals surface area contributed by atoms with Gasteiger partial charge in [-0.2, -0.15) is 0 Å². The number of aliphatic hydroxyl groups is 1. The van der Waals surface area contributed by atoms with Gasteiger partial charge in [-0.15, -0.1) is 23.2 Å². The fraction of sp³-hybridized carbons (Fsp3) is 0.333. The van der Waals surface area contributed by atoms with Crippen LogP contribution in [0.3, 0.4) is 0 Å². The van der Waals surface area contributed by atoms with Crippen LogP contribution in [0.1, 0.15) is 17.2 Å². The number of benzene rings is 1. The third kappa shape index (κ3) is 2.33. The molecule has 0 aliphatic heterocycles. The molecule has 72 valence electrons. The van der Waals surface area contributed by atoms with E-state index in [2.05, 4.69) is 0 Å². The monoisotopic (exact) mass is 222 g/mol. The van der Waals surface area contributed by atoms with Crippen molar-refractivity contribution >= 4 is 23.2 Å². The van der Waals surface area contributed by atoms with Crippen molar-refractivity contribution in [2.75, 3.05) is 0 Å². The summed E-state index contributed by atoms with van der Waals surface area (Å²) in [6.07, 6.45) is -1.04. The topological polar surface area (TPSA) is 20.2 Å². The van der Waals surface area contributed by atoms with Gasteiger partial charge in [0, 0.05) is 0 Å². The highest BCUT2D eigenvalue weighted by Crippen LogP contribution is 2.27. The van der Waals surface area contributed by atoms with Crippen LogP contribution in [0, 0.1) is 12.7 Å². The number of rotatable bonds is 2. The molecule has 1 atom stereocenters. The molecule has 0 aromatic heterocycles. The minimum absolute atomic E-state index is 0.370. The van der Waals surface area contributed by atoms with Crippen molar-refractivity contribution < 1.29 is 9.50 Å². The summed E-state index contributed by atoms with van der Waals surface area (Å²) in [4.78, 5) is -0.944. The van der Waals surface area contributed by atoms with Crippen LogP contribution in [0.2, 0.25) is 0 Å². The summed E-state index contributed by atoms with van der Waals surface area (Å²) < 4.78 is 13.0. The van der Waals surface area contributed by atoms with Crippen molar-refractivity contribution in [2.24, 2.45) is 0 Å². The first-order valence-corrected chi connectivity index (χ1v) is 4.62. The lowest BCUT2D eigenvalue weighted by Gasteiger charge is -2.14. The normalized spacial score (nSPS) is 13.4. The van der Waals surface area contributed by atoms with Crippen LogP contribution in [-0.4, -0.2) is 9.94 Å². The number of hydrogen-bond donors (Lipinski definition) is 1.